The van der Waals surface area contributed by atoms with Gasteiger partial charge in [-0.25, -0.2) is 0 Å². The van der Waals surface area contributed by atoms with Crippen LogP contribution in [0.2, 0.25) is 0 Å². The molecule has 0 amide bonds. The average molecular weight is 254 g/mol. The van der Waals surface area contributed by atoms with Crippen molar-refractivity contribution in [1.29, 1.82) is 0 Å². The standard InChI is InChI=1S/C11H11O5P/c1-4-7-10(11(12)13)17(14,15-8-5-2)16-9-6-3/h2-3,10H,8-9H2,1H3,(H,12,13). The zero-order valence-electron chi connectivity index (χ0n) is 9.17. The van der Waals surface area contributed by atoms with Gasteiger partial charge >= 0.3 is 13.6 Å². The number of carboxylic acids is 1. The predicted molar refractivity (Wildman–Crippen MR) is 62.1 cm³/mol. The van der Waals surface area contributed by atoms with E-state index < -0.39 is 19.2 Å². The maximum Gasteiger partial charge on any atom is 0.358 e. The topological polar surface area (TPSA) is 72.8 Å². The lowest BCUT2D eigenvalue weighted by Crippen LogP contribution is -2.21. The van der Waals surface area contributed by atoms with Crippen LogP contribution >= 0.6 is 7.60 Å². The molecule has 0 aromatic carbocycles. The van der Waals surface area contributed by atoms with Crippen molar-refractivity contribution in [2.75, 3.05) is 13.2 Å². The molecule has 0 aromatic heterocycles. The van der Waals surface area contributed by atoms with E-state index in [0.717, 1.165) is 0 Å². The first-order valence-electron chi connectivity index (χ1n) is 4.42. The van der Waals surface area contributed by atoms with Gasteiger partial charge < -0.3 is 5.11 Å². The summed E-state index contributed by atoms with van der Waals surface area (Å²) < 4.78 is 21.7. The summed E-state index contributed by atoms with van der Waals surface area (Å²) in [7, 11) is -3.99. The molecule has 6 heteroatoms. The van der Waals surface area contributed by atoms with Crippen molar-refractivity contribution in [1.82, 2.24) is 0 Å². The Kier molecular flexibility index (Phi) is 6.80. The van der Waals surface area contributed by atoms with Crippen molar-refractivity contribution in [2.45, 2.75) is 12.6 Å². The molecule has 0 aromatic rings. The first-order valence-corrected chi connectivity index (χ1v) is 6.03. The van der Waals surface area contributed by atoms with Crippen LogP contribution in [0.3, 0.4) is 0 Å². The summed E-state index contributed by atoms with van der Waals surface area (Å²) in [5.74, 6) is 7.30. The van der Waals surface area contributed by atoms with Crippen LogP contribution in [0.1, 0.15) is 6.92 Å². The van der Waals surface area contributed by atoms with Gasteiger partial charge in [0.2, 0.25) is 5.66 Å². The second kappa shape index (κ2) is 7.55. The number of terminal acetylenes is 2. The number of carbonyl (C=O) groups is 1. The number of hydrogen-bond acceptors (Lipinski definition) is 4. The van der Waals surface area contributed by atoms with Gasteiger partial charge in [0.15, 0.2) is 0 Å². The summed E-state index contributed by atoms with van der Waals surface area (Å²) in [4.78, 5) is 10.9. The van der Waals surface area contributed by atoms with E-state index in [4.69, 9.17) is 27.0 Å². The largest absolute Gasteiger partial charge is 0.480 e. The molecule has 5 nitrogen and oxygen atoms in total. The first kappa shape index (κ1) is 15.3. The maximum atomic E-state index is 12.1. The van der Waals surface area contributed by atoms with Gasteiger partial charge in [0.25, 0.3) is 0 Å². The summed E-state index contributed by atoms with van der Waals surface area (Å²) in [5, 5.41) is 8.90. The highest BCUT2D eigenvalue weighted by atomic mass is 31.2. The normalized spacial score (nSPS) is 11.5. The third-order valence-corrected chi connectivity index (χ3v) is 3.45. The molecule has 0 bridgehead atoms. The Balaban J connectivity index is 5.17. The Morgan fingerprint density at radius 2 is 1.82 bits per heavy atom. The van der Waals surface area contributed by atoms with Gasteiger partial charge in [-0.2, -0.15) is 0 Å². The van der Waals surface area contributed by atoms with Crippen LogP contribution in [0.4, 0.5) is 0 Å². The third-order valence-electron chi connectivity index (χ3n) is 1.49. The van der Waals surface area contributed by atoms with Gasteiger partial charge in [0.1, 0.15) is 13.2 Å². The third kappa shape index (κ3) is 4.77. The smallest absolute Gasteiger partial charge is 0.358 e. The second-order valence-corrected chi connectivity index (χ2v) is 4.74. The van der Waals surface area contributed by atoms with E-state index in [9.17, 15) is 9.36 Å². The fourth-order valence-electron chi connectivity index (χ4n) is 0.854. The van der Waals surface area contributed by atoms with Crippen LogP contribution in [0.15, 0.2) is 0 Å². The molecule has 1 unspecified atom stereocenters. The van der Waals surface area contributed by atoms with Crippen molar-refractivity contribution in [3.8, 4) is 36.5 Å². The molecule has 17 heavy (non-hydrogen) atoms. The van der Waals surface area contributed by atoms with Crippen molar-refractivity contribution >= 4 is 13.6 Å². The number of rotatable bonds is 6. The SMILES string of the molecule is C#CCOP(=O)(OCC#C)C(C#CC)C(=O)O. The zero-order chi connectivity index (χ0) is 13.3. The Bertz CT molecular complexity index is 435. The molecule has 0 aliphatic rings. The molecule has 0 heterocycles. The Morgan fingerprint density at radius 1 is 1.35 bits per heavy atom. The second-order valence-electron chi connectivity index (χ2n) is 2.63. The minimum atomic E-state index is -3.99. The highest BCUT2D eigenvalue weighted by molar-refractivity contribution is 7.56. The molecule has 0 saturated carbocycles. The van der Waals surface area contributed by atoms with Crippen LogP contribution in [-0.4, -0.2) is 29.9 Å². The van der Waals surface area contributed by atoms with E-state index in [-0.39, 0.29) is 13.2 Å². The molecule has 0 saturated heterocycles. The molecular weight excluding hydrogens is 243 g/mol. The van der Waals surface area contributed by atoms with Crippen LogP contribution in [-0.2, 0) is 18.4 Å². The molecule has 0 aliphatic heterocycles. The Labute approximate surface area is 100 Å². The van der Waals surface area contributed by atoms with E-state index in [2.05, 4.69) is 23.7 Å². The monoisotopic (exact) mass is 254 g/mol. The molecule has 0 radical (unpaired) electrons. The van der Waals surface area contributed by atoms with E-state index >= 15 is 0 Å². The van der Waals surface area contributed by atoms with Gasteiger partial charge in [0.05, 0.1) is 0 Å². The molecule has 0 fully saturated rings. The fraction of sp³-hybridized carbons (Fsp3) is 0.364. The van der Waals surface area contributed by atoms with Crippen LogP contribution in [0.5, 0.6) is 0 Å². The molecule has 0 aliphatic carbocycles. The minimum absolute atomic E-state index is 0.350. The lowest BCUT2D eigenvalue weighted by Gasteiger charge is -2.18. The molecule has 1 N–H and O–H groups in total. The van der Waals surface area contributed by atoms with E-state index in [0.29, 0.717) is 0 Å². The average Bonchev–Trinajstić information content (AvgIpc) is 2.30. The predicted octanol–water partition coefficient (Wildman–Crippen LogP) is 0.956. The highest BCUT2D eigenvalue weighted by Gasteiger charge is 2.40. The van der Waals surface area contributed by atoms with Crippen LogP contribution in [0, 0.1) is 36.5 Å². The first-order chi connectivity index (χ1) is 8.01. The molecule has 0 rings (SSSR count). The maximum absolute atomic E-state index is 12.1. The van der Waals surface area contributed by atoms with E-state index in [1.165, 1.54) is 6.92 Å². The quantitative estimate of drug-likeness (QED) is 0.564. The van der Waals surface area contributed by atoms with E-state index in [1.54, 1.807) is 0 Å². The minimum Gasteiger partial charge on any atom is -0.480 e. The van der Waals surface area contributed by atoms with Crippen molar-refractivity contribution < 1.29 is 23.5 Å². The molecular formula is C11H11O5P. The van der Waals surface area contributed by atoms with Gasteiger partial charge in [-0.1, -0.05) is 17.8 Å². The highest BCUT2D eigenvalue weighted by Crippen LogP contribution is 2.52. The van der Waals surface area contributed by atoms with Crippen molar-refractivity contribution in [2.24, 2.45) is 0 Å². The lowest BCUT2D eigenvalue weighted by atomic mass is 10.4. The van der Waals surface area contributed by atoms with Gasteiger partial charge in [0, 0.05) is 0 Å². The zero-order valence-corrected chi connectivity index (χ0v) is 10.1. The van der Waals surface area contributed by atoms with Crippen LogP contribution < -0.4 is 0 Å². The summed E-state index contributed by atoms with van der Waals surface area (Å²) in [6.07, 6.45) is 9.88. The van der Waals surface area contributed by atoms with Gasteiger partial charge in [-0.3, -0.25) is 18.4 Å². The van der Waals surface area contributed by atoms with E-state index in [1.807, 2.05) is 0 Å². The summed E-state index contributed by atoms with van der Waals surface area (Å²) in [6.45, 7) is 0.705. The van der Waals surface area contributed by atoms with Crippen LogP contribution in [0.25, 0.3) is 0 Å². The Morgan fingerprint density at radius 3 is 2.12 bits per heavy atom. The molecule has 0 spiro atoms. The summed E-state index contributed by atoms with van der Waals surface area (Å²) in [6, 6.07) is 0. The number of aliphatic carboxylic acids is 1. The summed E-state index contributed by atoms with van der Waals surface area (Å²) >= 11 is 0. The fourth-order valence-corrected chi connectivity index (χ4v) is 2.29. The van der Waals surface area contributed by atoms with Crippen molar-refractivity contribution in [3.05, 3.63) is 0 Å². The molecule has 1 atom stereocenters. The number of carboxylic acid groups (broad SMARTS) is 1. The number of hydrogen-bond donors (Lipinski definition) is 1. The Hall–Kier alpha value is -1.70. The molecule has 90 valence electrons. The summed E-state index contributed by atoms with van der Waals surface area (Å²) in [5.41, 5.74) is -1.60. The van der Waals surface area contributed by atoms with Gasteiger partial charge in [-0.05, 0) is 6.92 Å². The lowest BCUT2D eigenvalue weighted by molar-refractivity contribution is -0.135. The van der Waals surface area contributed by atoms with Gasteiger partial charge in [-0.15, -0.1) is 18.8 Å². The van der Waals surface area contributed by atoms with Crippen molar-refractivity contribution in [3.63, 3.8) is 0 Å².